The molecule has 1 aliphatic rings. The summed E-state index contributed by atoms with van der Waals surface area (Å²) in [6.45, 7) is 0. The van der Waals surface area contributed by atoms with E-state index in [1.807, 2.05) is 23.9 Å². The zero-order chi connectivity index (χ0) is 16.2. The minimum absolute atomic E-state index is 0.195. The van der Waals surface area contributed by atoms with Gasteiger partial charge >= 0.3 is 5.97 Å². The largest absolute Gasteiger partial charge is 0.493 e. The number of nitrogens with zero attached hydrogens (tertiary/aromatic N) is 1. The third-order valence-corrected chi connectivity index (χ3v) is 4.69. The first-order valence-corrected chi connectivity index (χ1v) is 8.45. The van der Waals surface area contributed by atoms with Crippen LogP contribution in [0.3, 0.4) is 0 Å². The third-order valence-electron chi connectivity index (χ3n) is 3.64. The van der Waals surface area contributed by atoms with Crippen LogP contribution in [0.4, 0.5) is 0 Å². The molecule has 0 unspecified atom stereocenters. The van der Waals surface area contributed by atoms with Gasteiger partial charge in [-0.15, -0.1) is 0 Å². The summed E-state index contributed by atoms with van der Waals surface area (Å²) >= 11 is 1.95. The molecule has 1 aromatic heterocycles. The van der Waals surface area contributed by atoms with E-state index in [9.17, 15) is 4.79 Å². The smallest absolute Gasteiger partial charge is 0.374 e. The molecule has 0 spiro atoms. The van der Waals surface area contributed by atoms with E-state index in [1.165, 1.54) is 6.07 Å². The molecular weight excluding hydrogens is 318 g/mol. The second-order valence-corrected chi connectivity index (χ2v) is 6.40. The number of aromatic carboxylic acids is 1. The number of thioether (sulfide) groups is 1. The van der Waals surface area contributed by atoms with Crippen LogP contribution in [0.5, 0.6) is 11.5 Å². The van der Waals surface area contributed by atoms with Crippen molar-refractivity contribution in [2.75, 3.05) is 18.6 Å². The standard InChI is InChI=1S/C16H17NO5S/c1-20-14-8-10(12-9-15(16(18)19)22-17-12)2-3-13(14)21-11-4-6-23-7-5-11/h2-3,8-9,11H,4-7H2,1H3,(H,18,19). The molecule has 7 heteroatoms. The highest BCUT2D eigenvalue weighted by atomic mass is 32.2. The molecule has 0 saturated carbocycles. The number of rotatable bonds is 5. The molecule has 0 radical (unpaired) electrons. The minimum atomic E-state index is -1.15. The summed E-state index contributed by atoms with van der Waals surface area (Å²) in [7, 11) is 1.58. The Labute approximate surface area is 137 Å². The van der Waals surface area contributed by atoms with E-state index >= 15 is 0 Å². The summed E-state index contributed by atoms with van der Waals surface area (Å²) < 4.78 is 16.2. The van der Waals surface area contributed by atoms with Gasteiger partial charge in [0.05, 0.1) is 7.11 Å². The molecule has 122 valence electrons. The summed E-state index contributed by atoms with van der Waals surface area (Å²) in [5.41, 5.74) is 1.16. The van der Waals surface area contributed by atoms with Crippen LogP contribution in [-0.4, -0.2) is 41.0 Å². The normalized spacial score (nSPS) is 15.3. The number of methoxy groups -OCH3 is 1. The second-order valence-electron chi connectivity index (χ2n) is 5.18. The number of hydrogen-bond donors (Lipinski definition) is 1. The van der Waals surface area contributed by atoms with Crippen molar-refractivity contribution >= 4 is 17.7 Å². The molecule has 0 atom stereocenters. The Balaban J connectivity index is 1.82. The van der Waals surface area contributed by atoms with Gasteiger partial charge < -0.3 is 19.1 Å². The van der Waals surface area contributed by atoms with Crippen LogP contribution in [0.25, 0.3) is 11.3 Å². The quantitative estimate of drug-likeness (QED) is 0.897. The van der Waals surface area contributed by atoms with E-state index < -0.39 is 5.97 Å². The average Bonchev–Trinajstić information content (AvgIpc) is 3.06. The van der Waals surface area contributed by atoms with Gasteiger partial charge in [-0.2, -0.15) is 11.8 Å². The van der Waals surface area contributed by atoms with Crippen molar-refractivity contribution in [2.24, 2.45) is 0 Å². The molecule has 6 nitrogen and oxygen atoms in total. The van der Waals surface area contributed by atoms with Gasteiger partial charge in [0, 0.05) is 11.6 Å². The summed E-state index contributed by atoms with van der Waals surface area (Å²) in [6.07, 6.45) is 2.27. The Bertz CT molecular complexity index is 694. The Morgan fingerprint density at radius 2 is 2.09 bits per heavy atom. The SMILES string of the molecule is COc1cc(-c2cc(C(=O)O)on2)ccc1OC1CCSCC1. The number of hydrogen-bond acceptors (Lipinski definition) is 6. The molecule has 1 saturated heterocycles. The van der Waals surface area contributed by atoms with E-state index in [2.05, 4.69) is 5.16 Å². The summed E-state index contributed by atoms with van der Waals surface area (Å²) in [5, 5.41) is 12.7. The highest BCUT2D eigenvalue weighted by Gasteiger charge is 2.18. The topological polar surface area (TPSA) is 81.8 Å². The van der Waals surface area contributed by atoms with Gasteiger partial charge in [0.15, 0.2) is 11.5 Å². The molecule has 1 fully saturated rings. The maximum Gasteiger partial charge on any atom is 0.374 e. The predicted molar refractivity (Wildman–Crippen MR) is 86.4 cm³/mol. The van der Waals surface area contributed by atoms with E-state index in [1.54, 1.807) is 13.2 Å². The molecule has 23 heavy (non-hydrogen) atoms. The summed E-state index contributed by atoms with van der Waals surface area (Å²) in [5.74, 6) is 2.17. The molecule has 3 rings (SSSR count). The van der Waals surface area contributed by atoms with Crippen molar-refractivity contribution in [1.29, 1.82) is 0 Å². The predicted octanol–water partition coefficient (Wildman–Crippen LogP) is 3.32. The monoisotopic (exact) mass is 335 g/mol. The maximum atomic E-state index is 10.9. The van der Waals surface area contributed by atoms with Crippen molar-refractivity contribution in [3.05, 3.63) is 30.0 Å². The fraction of sp³-hybridized carbons (Fsp3) is 0.375. The number of carboxylic acid groups (broad SMARTS) is 1. The lowest BCUT2D eigenvalue weighted by Gasteiger charge is -2.23. The Morgan fingerprint density at radius 3 is 2.74 bits per heavy atom. The lowest BCUT2D eigenvalue weighted by Crippen LogP contribution is -2.22. The molecule has 0 bridgehead atoms. The van der Waals surface area contributed by atoms with Crippen molar-refractivity contribution in [3.63, 3.8) is 0 Å². The number of aromatic nitrogens is 1. The average molecular weight is 335 g/mol. The van der Waals surface area contributed by atoms with Crippen LogP contribution in [0.15, 0.2) is 28.8 Å². The van der Waals surface area contributed by atoms with Gasteiger partial charge in [-0.1, -0.05) is 5.16 Å². The Kier molecular flexibility index (Phi) is 4.76. The molecular formula is C16H17NO5S. The van der Waals surface area contributed by atoms with E-state index in [0.717, 1.165) is 24.3 Å². The first-order valence-electron chi connectivity index (χ1n) is 7.30. The molecule has 0 amide bonds. The van der Waals surface area contributed by atoms with Crippen LogP contribution in [0.2, 0.25) is 0 Å². The summed E-state index contributed by atoms with van der Waals surface area (Å²) in [6, 6.07) is 6.80. The Hall–Kier alpha value is -2.15. The summed E-state index contributed by atoms with van der Waals surface area (Å²) in [4.78, 5) is 10.9. The van der Waals surface area contributed by atoms with E-state index in [0.29, 0.717) is 22.8 Å². The van der Waals surface area contributed by atoms with Crippen LogP contribution < -0.4 is 9.47 Å². The zero-order valence-corrected chi connectivity index (χ0v) is 13.5. The van der Waals surface area contributed by atoms with Crippen LogP contribution in [0.1, 0.15) is 23.4 Å². The molecule has 2 heterocycles. The highest BCUT2D eigenvalue weighted by molar-refractivity contribution is 7.99. The highest BCUT2D eigenvalue weighted by Crippen LogP contribution is 2.34. The van der Waals surface area contributed by atoms with Gasteiger partial charge in [-0.3, -0.25) is 0 Å². The van der Waals surface area contributed by atoms with E-state index in [-0.39, 0.29) is 11.9 Å². The maximum absolute atomic E-state index is 10.9. The molecule has 0 aliphatic carbocycles. The van der Waals surface area contributed by atoms with Gasteiger partial charge in [-0.25, -0.2) is 4.79 Å². The molecule has 2 aromatic rings. The van der Waals surface area contributed by atoms with Gasteiger partial charge in [0.25, 0.3) is 0 Å². The third kappa shape index (κ3) is 3.61. The van der Waals surface area contributed by atoms with Crippen molar-refractivity contribution in [2.45, 2.75) is 18.9 Å². The van der Waals surface area contributed by atoms with E-state index in [4.69, 9.17) is 19.1 Å². The zero-order valence-electron chi connectivity index (χ0n) is 12.7. The molecule has 1 N–H and O–H groups in total. The molecule has 1 aliphatic heterocycles. The minimum Gasteiger partial charge on any atom is -0.493 e. The number of carboxylic acids is 1. The van der Waals surface area contributed by atoms with Crippen LogP contribution in [0, 0.1) is 0 Å². The lowest BCUT2D eigenvalue weighted by atomic mass is 10.1. The number of ether oxygens (including phenoxy) is 2. The number of benzene rings is 1. The fourth-order valence-electron chi connectivity index (χ4n) is 2.41. The van der Waals surface area contributed by atoms with Crippen molar-refractivity contribution < 1.29 is 23.9 Å². The number of carbonyl (C=O) groups is 1. The van der Waals surface area contributed by atoms with Gasteiger partial charge in [-0.05, 0) is 42.5 Å². The first kappa shape index (κ1) is 15.7. The fourth-order valence-corrected chi connectivity index (χ4v) is 3.47. The second kappa shape index (κ2) is 6.95. The van der Waals surface area contributed by atoms with Gasteiger partial charge in [0.1, 0.15) is 11.8 Å². The Morgan fingerprint density at radius 1 is 1.30 bits per heavy atom. The van der Waals surface area contributed by atoms with Crippen molar-refractivity contribution in [1.82, 2.24) is 5.16 Å². The first-order chi connectivity index (χ1) is 11.2. The van der Waals surface area contributed by atoms with Gasteiger partial charge in [0.2, 0.25) is 5.76 Å². The van der Waals surface area contributed by atoms with Crippen LogP contribution in [-0.2, 0) is 0 Å². The molecule has 1 aromatic carbocycles. The van der Waals surface area contributed by atoms with Crippen LogP contribution >= 0.6 is 11.8 Å². The lowest BCUT2D eigenvalue weighted by molar-refractivity contribution is 0.0652. The van der Waals surface area contributed by atoms with Crippen molar-refractivity contribution in [3.8, 4) is 22.8 Å².